The Hall–Kier alpha value is -0.620. The lowest BCUT2D eigenvalue weighted by Gasteiger charge is -2.20. The van der Waals surface area contributed by atoms with Crippen LogP contribution in [0.2, 0.25) is 0 Å². The number of rotatable bonds is 2. The van der Waals surface area contributed by atoms with E-state index in [4.69, 9.17) is 11.1 Å². The SMILES string of the molecule is CS(=O)(=O)N1CCCC1C(=N)N. The molecule has 1 unspecified atom stereocenters. The Morgan fingerprint density at radius 1 is 1.67 bits per heavy atom. The maximum absolute atomic E-state index is 11.1. The number of nitrogens with one attached hydrogen (secondary N) is 1. The summed E-state index contributed by atoms with van der Waals surface area (Å²) in [6.45, 7) is 0.489. The molecule has 6 heteroatoms. The molecule has 0 aliphatic carbocycles. The lowest BCUT2D eigenvalue weighted by molar-refractivity contribution is 0.448. The minimum Gasteiger partial charge on any atom is -0.386 e. The first-order valence-electron chi connectivity index (χ1n) is 3.73. The summed E-state index contributed by atoms with van der Waals surface area (Å²) < 4.78 is 23.5. The molecule has 70 valence electrons. The fourth-order valence-electron chi connectivity index (χ4n) is 1.45. The normalized spacial score (nSPS) is 25.9. The topological polar surface area (TPSA) is 87.2 Å². The fraction of sp³-hybridized carbons (Fsp3) is 0.833. The molecule has 1 fully saturated rings. The Balaban J connectivity index is 2.85. The molecule has 1 aliphatic heterocycles. The maximum atomic E-state index is 11.1. The van der Waals surface area contributed by atoms with Crippen LogP contribution in [0.1, 0.15) is 12.8 Å². The molecular formula is C6H13N3O2S. The molecule has 0 spiro atoms. The van der Waals surface area contributed by atoms with E-state index >= 15 is 0 Å². The van der Waals surface area contributed by atoms with Gasteiger partial charge in [0.2, 0.25) is 10.0 Å². The predicted molar refractivity (Wildman–Crippen MR) is 46.5 cm³/mol. The first-order chi connectivity index (χ1) is 5.43. The summed E-state index contributed by atoms with van der Waals surface area (Å²) in [6.07, 6.45) is 2.61. The molecule has 1 heterocycles. The van der Waals surface area contributed by atoms with Crippen LogP contribution in [0.25, 0.3) is 0 Å². The standard InChI is InChI=1S/C6H13N3O2S/c1-12(10,11)9-4-2-3-5(9)6(7)8/h5H,2-4H2,1H3,(H3,7,8). The van der Waals surface area contributed by atoms with E-state index in [0.29, 0.717) is 13.0 Å². The third kappa shape index (κ3) is 1.75. The van der Waals surface area contributed by atoms with Crippen molar-refractivity contribution in [1.29, 1.82) is 5.41 Å². The summed E-state index contributed by atoms with van der Waals surface area (Å²) >= 11 is 0. The highest BCUT2D eigenvalue weighted by molar-refractivity contribution is 7.88. The van der Waals surface area contributed by atoms with E-state index in [-0.39, 0.29) is 5.84 Å². The Kier molecular flexibility index (Phi) is 2.39. The number of hydrogen-bond acceptors (Lipinski definition) is 3. The van der Waals surface area contributed by atoms with E-state index in [1.54, 1.807) is 0 Å². The van der Waals surface area contributed by atoms with Gasteiger partial charge in [-0.25, -0.2) is 8.42 Å². The van der Waals surface area contributed by atoms with Gasteiger partial charge in [-0.1, -0.05) is 0 Å². The van der Waals surface area contributed by atoms with Crippen LogP contribution in [0.3, 0.4) is 0 Å². The molecule has 5 nitrogen and oxygen atoms in total. The summed E-state index contributed by atoms with van der Waals surface area (Å²) in [5.74, 6) is -0.0575. The third-order valence-corrected chi connectivity index (χ3v) is 3.28. The van der Waals surface area contributed by atoms with Crippen molar-refractivity contribution in [2.45, 2.75) is 18.9 Å². The van der Waals surface area contributed by atoms with Crippen molar-refractivity contribution in [2.24, 2.45) is 5.73 Å². The highest BCUT2D eigenvalue weighted by Crippen LogP contribution is 2.19. The van der Waals surface area contributed by atoms with E-state index < -0.39 is 16.1 Å². The van der Waals surface area contributed by atoms with Gasteiger partial charge in [0, 0.05) is 6.54 Å². The Labute approximate surface area is 72.1 Å². The summed E-state index contributed by atoms with van der Waals surface area (Å²) in [4.78, 5) is 0. The lowest BCUT2D eigenvalue weighted by Crippen LogP contribution is -2.42. The van der Waals surface area contributed by atoms with Crippen molar-refractivity contribution in [1.82, 2.24) is 4.31 Å². The number of sulfonamides is 1. The van der Waals surface area contributed by atoms with Gasteiger partial charge in [0.1, 0.15) is 5.84 Å². The molecule has 0 amide bonds. The zero-order valence-corrected chi connectivity index (χ0v) is 7.76. The van der Waals surface area contributed by atoms with E-state index in [9.17, 15) is 8.42 Å². The van der Waals surface area contributed by atoms with Crippen LogP contribution in [-0.4, -0.2) is 37.4 Å². The smallest absolute Gasteiger partial charge is 0.211 e. The molecule has 1 atom stereocenters. The highest BCUT2D eigenvalue weighted by Gasteiger charge is 2.33. The largest absolute Gasteiger partial charge is 0.386 e. The minimum absolute atomic E-state index is 0.0575. The van der Waals surface area contributed by atoms with Crippen molar-refractivity contribution >= 4 is 15.9 Å². The highest BCUT2D eigenvalue weighted by atomic mass is 32.2. The van der Waals surface area contributed by atoms with Gasteiger partial charge in [0.25, 0.3) is 0 Å². The fourth-order valence-corrected chi connectivity index (χ4v) is 2.59. The van der Waals surface area contributed by atoms with Crippen LogP contribution < -0.4 is 5.73 Å². The van der Waals surface area contributed by atoms with Crippen molar-refractivity contribution in [3.8, 4) is 0 Å². The molecule has 0 radical (unpaired) electrons. The van der Waals surface area contributed by atoms with Gasteiger partial charge >= 0.3 is 0 Å². The van der Waals surface area contributed by atoms with Crippen LogP contribution in [0, 0.1) is 5.41 Å². The van der Waals surface area contributed by atoms with Gasteiger partial charge in [-0.3, -0.25) is 5.41 Å². The zero-order chi connectivity index (χ0) is 9.35. The Morgan fingerprint density at radius 2 is 2.25 bits per heavy atom. The Morgan fingerprint density at radius 3 is 2.58 bits per heavy atom. The van der Waals surface area contributed by atoms with Crippen molar-refractivity contribution < 1.29 is 8.42 Å². The molecule has 3 N–H and O–H groups in total. The monoisotopic (exact) mass is 191 g/mol. The first kappa shape index (κ1) is 9.47. The summed E-state index contributed by atoms with van der Waals surface area (Å²) in [5.41, 5.74) is 5.26. The average molecular weight is 191 g/mol. The van der Waals surface area contributed by atoms with E-state index in [1.165, 1.54) is 4.31 Å². The van der Waals surface area contributed by atoms with Gasteiger partial charge in [-0.05, 0) is 12.8 Å². The molecular weight excluding hydrogens is 178 g/mol. The number of nitrogens with two attached hydrogens (primary N) is 1. The van der Waals surface area contributed by atoms with Gasteiger partial charge in [0.05, 0.1) is 12.3 Å². The molecule has 1 saturated heterocycles. The number of amidine groups is 1. The molecule has 12 heavy (non-hydrogen) atoms. The first-order valence-corrected chi connectivity index (χ1v) is 5.58. The van der Waals surface area contributed by atoms with Gasteiger partial charge in [0.15, 0.2) is 0 Å². The van der Waals surface area contributed by atoms with Crippen molar-refractivity contribution in [3.63, 3.8) is 0 Å². The maximum Gasteiger partial charge on any atom is 0.211 e. The molecule has 1 rings (SSSR count). The van der Waals surface area contributed by atoms with Crippen LogP contribution in [0.5, 0.6) is 0 Å². The molecule has 1 aliphatic rings. The second kappa shape index (κ2) is 3.02. The second-order valence-corrected chi connectivity index (χ2v) is 4.92. The average Bonchev–Trinajstić information content (AvgIpc) is 2.30. The Bertz CT molecular complexity index is 285. The van der Waals surface area contributed by atoms with Crippen LogP contribution in [0.4, 0.5) is 0 Å². The van der Waals surface area contributed by atoms with Crippen LogP contribution >= 0.6 is 0 Å². The number of hydrogen-bond donors (Lipinski definition) is 2. The quantitative estimate of drug-likeness (QED) is 0.449. The van der Waals surface area contributed by atoms with Gasteiger partial charge < -0.3 is 5.73 Å². The zero-order valence-electron chi connectivity index (χ0n) is 6.95. The summed E-state index contributed by atoms with van der Waals surface area (Å²) in [7, 11) is -3.18. The molecule has 0 bridgehead atoms. The second-order valence-electron chi connectivity index (χ2n) is 2.99. The van der Waals surface area contributed by atoms with E-state index in [2.05, 4.69) is 0 Å². The third-order valence-electron chi connectivity index (χ3n) is 1.99. The van der Waals surface area contributed by atoms with Crippen LogP contribution in [0.15, 0.2) is 0 Å². The minimum atomic E-state index is -3.18. The lowest BCUT2D eigenvalue weighted by atomic mass is 10.2. The van der Waals surface area contributed by atoms with E-state index in [0.717, 1.165) is 12.7 Å². The van der Waals surface area contributed by atoms with Crippen molar-refractivity contribution in [2.75, 3.05) is 12.8 Å². The molecule has 0 aromatic carbocycles. The van der Waals surface area contributed by atoms with Gasteiger partial charge in [-0.2, -0.15) is 4.31 Å². The summed E-state index contributed by atoms with van der Waals surface area (Å²) in [5, 5.41) is 7.17. The predicted octanol–water partition coefficient (Wildman–Crippen LogP) is -0.654. The number of nitrogens with zero attached hydrogens (tertiary/aromatic N) is 1. The van der Waals surface area contributed by atoms with Gasteiger partial charge in [-0.15, -0.1) is 0 Å². The van der Waals surface area contributed by atoms with E-state index in [1.807, 2.05) is 0 Å². The molecule has 0 aromatic rings. The van der Waals surface area contributed by atoms with Crippen molar-refractivity contribution in [3.05, 3.63) is 0 Å². The van der Waals surface area contributed by atoms with Crippen LogP contribution in [-0.2, 0) is 10.0 Å². The molecule has 0 aromatic heterocycles. The molecule has 0 saturated carbocycles. The summed E-state index contributed by atoms with van der Waals surface area (Å²) in [6, 6.07) is -0.403.